The molecule has 2 aromatic rings. The number of carbonyl (C=O) groups is 2. The summed E-state index contributed by atoms with van der Waals surface area (Å²) in [6, 6.07) is -2.17. The van der Waals surface area contributed by atoms with Crippen molar-refractivity contribution in [3.63, 3.8) is 0 Å². The normalized spacial score (nSPS) is 25.1. The van der Waals surface area contributed by atoms with Gasteiger partial charge in [-0.1, -0.05) is 27.7 Å². The van der Waals surface area contributed by atoms with Gasteiger partial charge in [-0.25, -0.2) is 15.2 Å². The van der Waals surface area contributed by atoms with Gasteiger partial charge in [-0.15, -0.1) is 0 Å². The monoisotopic (exact) mass is 631 g/mol. The molecule has 43 heavy (non-hydrogen) atoms. The molecule has 17 nitrogen and oxygen atoms in total. The fourth-order valence-corrected chi connectivity index (χ4v) is 6.65. The van der Waals surface area contributed by atoms with Crippen molar-refractivity contribution in [1.82, 2.24) is 29.7 Å². The highest BCUT2D eigenvalue weighted by molar-refractivity contribution is 7.54. The molecule has 6 atom stereocenters. The van der Waals surface area contributed by atoms with E-state index in [4.69, 9.17) is 24.5 Å². The lowest BCUT2D eigenvalue weighted by molar-refractivity contribution is -0.143. The first-order chi connectivity index (χ1) is 20.0. The van der Waals surface area contributed by atoms with Gasteiger partial charge in [0.15, 0.2) is 17.4 Å². The van der Waals surface area contributed by atoms with E-state index >= 15 is 0 Å². The minimum absolute atomic E-state index is 0.00138. The Morgan fingerprint density at radius 1 is 1.16 bits per heavy atom. The Hall–Kier alpha value is -2.92. The molecule has 18 heteroatoms. The van der Waals surface area contributed by atoms with Crippen molar-refractivity contribution in [3.8, 4) is 0 Å². The fraction of sp³-hybridized carbons (Fsp3) is 0.720. The van der Waals surface area contributed by atoms with E-state index in [1.54, 1.807) is 0 Å². The average Bonchev–Trinajstić information content (AvgIpc) is 3.43. The van der Waals surface area contributed by atoms with Crippen LogP contribution in [0.25, 0.3) is 11.2 Å². The Morgan fingerprint density at radius 3 is 2.19 bits per heavy atom. The maximum atomic E-state index is 14.3. The van der Waals surface area contributed by atoms with Crippen LogP contribution in [0.1, 0.15) is 53.7 Å². The quantitative estimate of drug-likeness (QED) is 0.120. The van der Waals surface area contributed by atoms with Crippen molar-refractivity contribution < 1.29 is 43.1 Å². The molecule has 0 spiro atoms. The molecule has 0 radical (unpaired) electrons. The summed E-state index contributed by atoms with van der Waals surface area (Å²) >= 11 is 0. The topological polar surface area (TPSA) is 242 Å². The zero-order valence-electron chi connectivity index (χ0n) is 25.3. The van der Waals surface area contributed by atoms with Crippen molar-refractivity contribution in [2.24, 2.45) is 11.8 Å². The fourth-order valence-electron chi connectivity index (χ4n) is 4.82. The molecule has 7 N–H and O–H groups in total. The maximum absolute atomic E-state index is 14.3. The average molecular weight is 632 g/mol. The summed E-state index contributed by atoms with van der Waals surface area (Å²) in [5.41, 5.74) is 3.03. The van der Waals surface area contributed by atoms with Gasteiger partial charge in [0.25, 0.3) is 5.56 Å². The van der Waals surface area contributed by atoms with Crippen LogP contribution in [0.5, 0.6) is 0 Å². The number of H-pyrrole nitrogens is 1. The standard InChI is InChI=1S/C25H42N7O10P/c1-12(2)8-14(21(35)39-6)30-43(38,31-15(9-13(3)4)22(36)40-7)41-10-16-18(33)25(5,37)23(42-16)32-11-27-17-19(32)28-24(26)29-20(17)34/h11-16,18,23,33,37H,8-10H2,1-7H3,(H2,30,31,38)(H3,26,28,29,34)/t14?,15?,16-,18?,23-,25+,43?/m1/s1. The number of aliphatic hydroxyl groups excluding tert-OH is 1. The number of fused-ring (bicyclic) bond motifs is 1. The zero-order valence-corrected chi connectivity index (χ0v) is 26.2. The molecule has 1 aliphatic rings. The molecule has 1 aliphatic heterocycles. The van der Waals surface area contributed by atoms with Crippen LogP contribution >= 0.6 is 7.67 Å². The van der Waals surface area contributed by atoms with E-state index in [-0.39, 0.29) is 41.8 Å². The number of hydrogen-bond donors (Lipinski definition) is 6. The van der Waals surface area contributed by atoms with Gasteiger partial charge < -0.3 is 34.7 Å². The van der Waals surface area contributed by atoms with Gasteiger partial charge in [0.2, 0.25) is 5.95 Å². The van der Waals surface area contributed by atoms with Crippen LogP contribution in [-0.2, 0) is 32.9 Å². The van der Waals surface area contributed by atoms with E-state index in [0.29, 0.717) is 0 Å². The molecule has 3 unspecified atom stereocenters. The number of ether oxygens (including phenoxy) is 3. The zero-order chi connectivity index (χ0) is 32.3. The second kappa shape index (κ2) is 13.8. The van der Waals surface area contributed by atoms with Gasteiger partial charge in [0, 0.05) is 0 Å². The number of aromatic nitrogens is 4. The number of nitrogens with two attached hydrogens (primary N) is 1. The number of hydrogen-bond acceptors (Lipinski definition) is 13. The van der Waals surface area contributed by atoms with Crippen molar-refractivity contribution in [1.29, 1.82) is 0 Å². The van der Waals surface area contributed by atoms with Crippen LogP contribution in [0.3, 0.4) is 0 Å². The number of nitrogens with zero attached hydrogens (tertiary/aromatic N) is 3. The first-order valence-corrected chi connectivity index (χ1v) is 15.4. The number of methoxy groups -OCH3 is 2. The predicted octanol–water partition coefficient (Wildman–Crippen LogP) is 0.190. The molecule has 3 rings (SSSR count). The first kappa shape index (κ1) is 34.6. The largest absolute Gasteiger partial charge is 0.468 e. The molecule has 1 fully saturated rings. The van der Waals surface area contributed by atoms with Crippen LogP contribution in [0.2, 0.25) is 0 Å². The van der Waals surface area contributed by atoms with Crippen LogP contribution in [-0.4, -0.2) is 92.4 Å². The minimum atomic E-state index is -4.30. The summed E-state index contributed by atoms with van der Waals surface area (Å²) in [7, 11) is -1.92. The first-order valence-electron chi connectivity index (χ1n) is 13.8. The smallest absolute Gasteiger partial charge is 0.342 e. The molecule has 0 amide bonds. The van der Waals surface area contributed by atoms with Crippen molar-refractivity contribution in [2.45, 2.75) is 83.6 Å². The van der Waals surface area contributed by atoms with E-state index in [1.165, 1.54) is 32.0 Å². The lowest BCUT2D eigenvalue weighted by Crippen LogP contribution is -2.47. The van der Waals surface area contributed by atoms with Gasteiger partial charge in [-0.05, 0) is 31.6 Å². The Bertz CT molecular complexity index is 1360. The Kier molecular flexibility index (Phi) is 11.1. The predicted molar refractivity (Wildman–Crippen MR) is 153 cm³/mol. The van der Waals surface area contributed by atoms with Gasteiger partial charge in [-0.3, -0.25) is 28.5 Å². The van der Waals surface area contributed by atoms with Gasteiger partial charge >= 0.3 is 19.6 Å². The summed E-state index contributed by atoms with van der Waals surface area (Å²) in [6.45, 7) is 8.15. The third-order valence-corrected chi connectivity index (χ3v) is 8.73. The highest BCUT2D eigenvalue weighted by Gasteiger charge is 2.54. The number of esters is 2. The van der Waals surface area contributed by atoms with Gasteiger partial charge in [0.1, 0.15) is 29.9 Å². The number of aliphatic hydroxyl groups is 2. The number of rotatable bonds is 14. The summed E-state index contributed by atoms with van der Waals surface area (Å²) < 4.78 is 37.0. The minimum Gasteiger partial charge on any atom is -0.468 e. The molecule has 0 saturated carbocycles. The third-order valence-electron chi connectivity index (χ3n) is 6.92. The summed E-state index contributed by atoms with van der Waals surface area (Å²) in [5.74, 6) is -1.64. The second-order valence-corrected chi connectivity index (χ2v) is 13.4. The van der Waals surface area contributed by atoms with Gasteiger partial charge in [-0.2, -0.15) is 4.98 Å². The number of nitrogen functional groups attached to an aromatic ring is 1. The van der Waals surface area contributed by atoms with E-state index in [9.17, 15) is 29.2 Å². The SMILES string of the molecule is COC(=O)C(CC(C)C)NP(=O)(NC(CC(C)C)C(=O)OC)OC[C@H]1O[C@@H](n2cnc3c(=O)[nH]c(N)nc32)[C@@](C)(O)C1O. The Labute approximate surface area is 248 Å². The van der Waals surface area contributed by atoms with E-state index in [1.807, 2.05) is 27.7 Å². The maximum Gasteiger partial charge on any atom is 0.342 e. The molecule has 3 heterocycles. The molecule has 0 bridgehead atoms. The third kappa shape index (κ3) is 7.98. The summed E-state index contributed by atoms with van der Waals surface area (Å²) in [5, 5.41) is 27.7. The highest BCUT2D eigenvalue weighted by atomic mass is 31.2. The van der Waals surface area contributed by atoms with Crippen LogP contribution in [0, 0.1) is 11.8 Å². The molecule has 2 aromatic heterocycles. The molecular weight excluding hydrogens is 589 g/mol. The lowest BCUT2D eigenvalue weighted by atomic mass is 9.96. The number of carbonyl (C=O) groups excluding carboxylic acids is 2. The van der Waals surface area contributed by atoms with Crippen LogP contribution in [0.15, 0.2) is 11.1 Å². The van der Waals surface area contributed by atoms with Crippen LogP contribution < -0.4 is 21.5 Å². The van der Waals surface area contributed by atoms with E-state index < -0.39 is 67.9 Å². The summed E-state index contributed by atoms with van der Waals surface area (Å²) in [6.07, 6.45) is -2.55. The molecule has 242 valence electrons. The molecular formula is C25H42N7O10P. The van der Waals surface area contributed by atoms with Crippen molar-refractivity contribution in [3.05, 3.63) is 16.7 Å². The van der Waals surface area contributed by atoms with Gasteiger partial charge in [0.05, 0.1) is 27.2 Å². The number of anilines is 1. The molecule has 0 aromatic carbocycles. The lowest BCUT2D eigenvalue weighted by Gasteiger charge is -2.30. The number of nitrogens with one attached hydrogen (secondary N) is 3. The Morgan fingerprint density at radius 2 is 1.70 bits per heavy atom. The van der Waals surface area contributed by atoms with Crippen LogP contribution in [0.4, 0.5) is 5.95 Å². The van der Waals surface area contributed by atoms with Crippen molar-refractivity contribution in [2.75, 3.05) is 26.6 Å². The molecule has 0 aliphatic carbocycles. The second-order valence-electron chi connectivity index (χ2n) is 11.5. The molecule has 1 saturated heterocycles. The number of aromatic amines is 1. The highest BCUT2D eigenvalue weighted by Crippen LogP contribution is 2.44. The van der Waals surface area contributed by atoms with Crippen molar-refractivity contribution >= 4 is 36.7 Å². The number of imidazole rings is 1. The summed E-state index contributed by atoms with van der Waals surface area (Å²) in [4.78, 5) is 47.8. The van der Waals surface area contributed by atoms with E-state index in [0.717, 1.165) is 0 Å². The van der Waals surface area contributed by atoms with E-state index in [2.05, 4.69) is 25.1 Å². The Balaban J connectivity index is 1.92.